The third-order valence-electron chi connectivity index (χ3n) is 5.91. The number of allylic oxidation sites excluding steroid dienone is 2. The molecule has 9 heteroatoms. The van der Waals surface area contributed by atoms with Gasteiger partial charge in [0.1, 0.15) is 24.2 Å². The van der Waals surface area contributed by atoms with Crippen LogP contribution in [0.1, 0.15) is 28.0 Å². The lowest BCUT2D eigenvalue weighted by Gasteiger charge is -2.34. The van der Waals surface area contributed by atoms with E-state index < -0.39 is 29.7 Å². The number of aliphatic carboxylic acids is 1. The maximum Gasteiger partial charge on any atom is 0.416 e. The summed E-state index contributed by atoms with van der Waals surface area (Å²) in [6.45, 7) is 0.318. The number of alkyl halides is 3. The van der Waals surface area contributed by atoms with E-state index in [0.29, 0.717) is 17.1 Å². The molecule has 6 nitrogen and oxygen atoms in total. The van der Waals surface area contributed by atoms with Crippen LogP contribution in [-0.4, -0.2) is 34.5 Å². The minimum atomic E-state index is -4.39. The minimum absolute atomic E-state index is 0.112. The molecule has 0 fully saturated rings. The number of halogens is 3. The number of fused-ring (bicyclic) bond motifs is 1. The first kappa shape index (κ1) is 26.5. The van der Waals surface area contributed by atoms with Crippen LogP contribution in [0.5, 0.6) is 5.75 Å². The molecule has 4 rings (SSSR count). The molecule has 1 aliphatic heterocycles. The molecule has 1 atom stereocenters. The molecule has 1 N–H and O–H groups in total. The number of nitrogens with zero attached hydrogens (tertiary/aromatic N) is 1. The molecule has 38 heavy (non-hydrogen) atoms. The van der Waals surface area contributed by atoms with E-state index in [4.69, 9.17) is 9.15 Å². The average molecular weight is 524 g/mol. The summed E-state index contributed by atoms with van der Waals surface area (Å²) >= 11 is 0. The van der Waals surface area contributed by atoms with Gasteiger partial charge in [0.2, 0.25) is 5.91 Å². The maximum atomic E-state index is 12.8. The lowest BCUT2D eigenvalue weighted by Crippen LogP contribution is -2.48. The fourth-order valence-corrected chi connectivity index (χ4v) is 4.00. The highest BCUT2D eigenvalue weighted by molar-refractivity contribution is 5.94. The summed E-state index contributed by atoms with van der Waals surface area (Å²) in [5.41, 5.74) is 1.33. The van der Waals surface area contributed by atoms with Crippen LogP contribution >= 0.6 is 0 Å². The van der Waals surface area contributed by atoms with Crippen LogP contribution in [0.25, 0.3) is 12.2 Å². The van der Waals surface area contributed by atoms with Gasteiger partial charge >= 0.3 is 12.1 Å². The van der Waals surface area contributed by atoms with E-state index >= 15 is 0 Å². The van der Waals surface area contributed by atoms with Gasteiger partial charge in [-0.3, -0.25) is 4.79 Å². The molecular weight excluding hydrogens is 499 g/mol. The van der Waals surface area contributed by atoms with E-state index in [0.717, 1.165) is 23.3 Å². The van der Waals surface area contributed by atoms with Gasteiger partial charge in [-0.2, -0.15) is 13.2 Å². The molecule has 0 saturated carbocycles. The SMILES string of the molecule is O=C(O)[C@@H]1Cc2ccc(OC/C=C/C=C/c3cccc(C(F)(F)F)c3)cc2CN1C(=O)/C=C/c1ccco1. The van der Waals surface area contributed by atoms with Crippen molar-refractivity contribution in [2.75, 3.05) is 6.61 Å². The number of rotatable bonds is 8. The highest BCUT2D eigenvalue weighted by atomic mass is 19.4. The van der Waals surface area contributed by atoms with Crippen molar-refractivity contribution in [2.24, 2.45) is 0 Å². The number of amides is 1. The molecule has 0 bridgehead atoms. The lowest BCUT2D eigenvalue weighted by atomic mass is 9.93. The topological polar surface area (TPSA) is 80.0 Å². The van der Waals surface area contributed by atoms with E-state index in [1.807, 2.05) is 0 Å². The highest BCUT2D eigenvalue weighted by Gasteiger charge is 2.34. The Balaban J connectivity index is 1.37. The van der Waals surface area contributed by atoms with Gasteiger partial charge in [0, 0.05) is 19.0 Å². The number of carboxylic acid groups (broad SMARTS) is 1. The summed E-state index contributed by atoms with van der Waals surface area (Å²) in [4.78, 5) is 25.9. The largest absolute Gasteiger partial charge is 0.490 e. The van der Waals surface area contributed by atoms with Crippen molar-refractivity contribution in [1.29, 1.82) is 0 Å². The van der Waals surface area contributed by atoms with Gasteiger partial charge in [0.25, 0.3) is 0 Å². The van der Waals surface area contributed by atoms with Crippen molar-refractivity contribution in [1.82, 2.24) is 4.90 Å². The quantitative estimate of drug-likeness (QED) is 0.290. The first-order valence-corrected chi connectivity index (χ1v) is 11.7. The van der Waals surface area contributed by atoms with E-state index in [-0.39, 0.29) is 19.6 Å². The Morgan fingerprint density at radius 2 is 1.89 bits per heavy atom. The van der Waals surface area contributed by atoms with Crippen molar-refractivity contribution in [3.8, 4) is 5.75 Å². The Labute approximate surface area is 216 Å². The molecule has 2 aromatic carbocycles. The molecular formula is C29H24F3NO5. The van der Waals surface area contributed by atoms with E-state index in [1.54, 1.807) is 60.7 Å². The van der Waals surface area contributed by atoms with Gasteiger partial charge in [-0.25, -0.2) is 4.79 Å². The Hall–Kier alpha value is -4.53. The van der Waals surface area contributed by atoms with Crippen LogP contribution in [-0.2, 0) is 28.7 Å². The third kappa shape index (κ3) is 6.82. The number of hydrogen-bond donors (Lipinski definition) is 1. The Bertz CT molecular complexity index is 1370. The Morgan fingerprint density at radius 3 is 2.63 bits per heavy atom. The predicted molar refractivity (Wildman–Crippen MR) is 135 cm³/mol. The molecule has 2 heterocycles. The van der Waals surface area contributed by atoms with Crippen LogP contribution in [0.2, 0.25) is 0 Å². The summed E-state index contributed by atoms with van der Waals surface area (Å²) < 4.78 is 49.4. The molecule has 0 spiro atoms. The molecule has 1 aromatic heterocycles. The zero-order valence-electron chi connectivity index (χ0n) is 20.1. The summed E-state index contributed by atoms with van der Waals surface area (Å²) in [7, 11) is 0. The second kappa shape index (κ2) is 11.7. The van der Waals surface area contributed by atoms with Crippen molar-refractivity contribution < 1.29 is 37.0 Å². The highest BCUT2D eigenvalue weighted by Crippen LogP contribution is 2.30. The Morgan fingerprint density at radius 1 is 1.05 bits per heavy atom. The summed E-state index contributed by atoms with van der Waals surface area (Å²) in [5.74, 6) is -0.501. The third-order valence-corrected chi connectivity index (χ3v) is 5.91. The van der Waals surface area contributed by atoms with E-state index in [1.165, 1.54) is 29.4 Å². The molecule has 0 radical (unpaired) electrons. The van der Waals surface area contributed by atoms with Gasteiger partial charge < -0.3 is 19.2 Å². The number of hydrogen-bond acceptors (Lipinski definition) is 4. The van der Waals surface area contributed by atoms with Gasteiger partial charge in [-0.15, -0.1) is 0 Å². The number of carbonyl (C=O) groups is 2. The van der Waals surface area contributed by atoms with Crippen molar-refractivity contribution in [2.45, 2.75) is 25.2 Å². The zero-order valence-corrected chi connectivity index (χ0v) is 20.1. The van der Waals surface area contributed by atoms with Crippen LogP contribution in [0.4, 0.5) is 13.2 Å². The standard InChI is InChI=1S/C29H24F3NO5/c30-29(31,32)23-8-4-7-20(16-23)6-2-1-3-14-38-25-11-10-21-18-26(28(35)36)33(19-22(21)17-25)27(34)13-12-24-9-5-15-37-24/h1-13,15-17,26H,14,18-19H2,(H,35,36)/b3-1+,6-2+,13-12+/t26-/m0/s1. The van der Waals surface area contributed by atoms with Crippen LogP contribution < -0.4 is 4.74 Å². The molecule has 1 amide bonds. The molecule has 0 saturated heterocycles. The lowest BCUT2D eigenvalue weighted by molar-refractivity contribution is -0.149. The number of carboxylic acids is 1. The van der Waals surface area contributed by atoms with Crippen LogP contribution in [0.15, 0.2) is 89.6 Å². The fraction of sp³-hybridized carbons (Fsp3) is 0.172. The minimum Gasteiger partial charge on any atom is -0.490 e. The number of furan rings is 1. The molecule has 0 aliphatic carbocycles. The Kier molecular flexibility index (Phi) is 8.15. The summed E-state index contributed by atoms with van der Waals surface area (Å²) in [6, 6.07) is 12.7. The fourth-order valence-electron chi connectivity index (χ4n) is 4.00. The number of ether oxygens (including phenoxy) is 1. The van der Waals surface area contributed by atoms with Gasteiger partial charge in [-0.1, -0.05) is 36.4 Å². The smallest absolute Gasteiger partial charge is 0.416 e. The van der Waals surface area contributed by atoms with Gasteiger partial charge in [0.15, 0.2) is 0 Å². The first-order valence-electron chi connectivity index (χ1n) is 11.7. The zero-order chi connectivity index (χ0) is 27.1. The molecule has 196 valence electrons. The van der Waals surface area contributed by atoms with Gasteiger partial charge in [-0.05, 0) is 65.2 Å². The van der Waals surface area contributed by atoms with Gasteiger partial charge in [0.05, 0.1) is 11.8 Å². The molecule has 1 aliphatic rings. The van der Waals surface area contributed by atoms with Crippen LogP contribution in [0.3, 0.4) is 0 Å². The first-order chi connectivity index (χ1) is 18.2. The van der Waals surface area contributed by atoms with Crippen LogP contribution in [0, 0.1) is 0 Å². The van der Waals surface area contributed by atoms with E-state index in [9.17, 15) is 27.9 Å². The summed E-state index contributed by atoms with van der Waals surface area (Å²) in [6.07, 6.45) is 6.60. The predicted octanol–water partition coefficient (Wildman–Crippen LogP) is 6.00. The molecule has 3 aromatic rings. The maximum absolute atomic E-state index is 12.8. The molecule has 0 unspecified atom stereocenters. The number of benzene rings is 2. The van der Waals surface area contributed by atoms with E-state index in [2.05, 4.69) is 0 Å². The second-order valence-corrected chi connectivity index (χ2v) is 8.53. The monoisotopic (exact) mass is 523 g/mol. The average Bonchev–Trinajstić information content (AvgIpc) is 3.42. The van der Waals surface area contributed by atoms with Crippen molar-refractivity contribution in [3.05, 3.63) is 113 Å². The second-order valence-electron chi connectivity index (χ2n) is 8.53. The normalized spacial score (nSPS) is 15.9. The number of carbonyl (C=O) groups excluding carboxylic acids is 1. The van der Waals surface area contributed by atoms with Crippen molar-refractivity contribution in [3.63, 3.8) is 0 Å². The summed E-state index contributed by atoms with van der Waals surface area (Å²) in [5, 5.41) is 9.67. The van der Waals surface area contributed by atoms with Crippen molar-refractivity contribution >= 4 is 24.0 Å².